The molecule has 0 spiro atoms. The molecule has 0 aliphatic heterocycles. The lowest BCUT2D eigenvalue weighted by Gasteiger charge is -2.18. The van der Waals surface area contributed by atoms with Gasteiger partial charge < -0.3 is 10.1 Å². The van der Waals surface area contributed by atoms with Gasteiger partial charge in [0.15, 0.2) is 0 Å². The first-order chi connectivity index (χ1) is 12.8. The van der Waals surface area contributed by atoms with Crippen LogP contribution in [0.25, 0.3) is 10.8 Å². The summed E-state index contributed by atoms with van der Waals surface area (Å²) < 4.78 is 42.3. The Hall–Kier alpha value is -2.35. The fraction of sp³-hybridized carbons (Fsp3) is 0.474. The lowest BCUT2D eigenvalue weighted by Crippen LogP contribution is -2.43. The van der Waals surface area contributed by atoms with Gasteiger partial charge in [-0.3, -0.25) is 9.69 Å². The van der Waals surface area contributed by atoms with Gasteiger partial charge >= 0.3 is 12.1 Å². The SMILES string of the molecule is CCCCc1cc2ccccc2c(OCCN(C)CNC(=O)C(F)(F)F)n1. The molecule has 0 unspecified atom stereocenters. The topological polar surface area (TPSA) is 54.5 Å². The molecule has 2 aromatic rings. The molecule has 0 saturated heterocycles. The van der Waals surface area contributed by atoms with E-state index >= 15 is 0 Å². The number of carbonyl (C=O) groups is 1. The molecule has 0 bridgehead atoms. The molecule has 0 atom stereocenters. The molecule has 1 heterocycles. The number of nitrogens with zero attached hydrogens (tertiary/aromatic N) is 2. The van der Waals surface area contributed by atoms with Crippen molar-refractivity contribution in [3.63, 3.8) is 0 Å². The van der Waals surface area contributed by atoms with E-state index in [-0.39, 0.29) is 13.3 Å². The molecule has 0 aliphatic rings. The number of halogens is 3. The first kappa shape index (κ1) is 21.0. The van der Waals surface area contributed by atoms with Gasteiger partial charge in [-0.1, -0.05) is 31.5 Å². The van der Waals surface area contributed by atoms with Crippen LogP contribution in [0.4, 0.5) is 13.2 Å². The molecular formula is C19H24F3N3O2. The monoisotopic (exact) mass is 383 g/mol. The van der Waals surface area contributed by atoms with E-state index in [9.17, 15) is 18.0 Å². The highest BCUT2D eigenvalue weighted by atomic mass is 19.4. The van der Waals surface area contributed by atoms with E-state index in [1.54, 1.807) is 7.05 Å². The highest BCUT2D eigenvalue weighted by Crippen LogP contribution is 2.25. The Labute approximate surface area is 156 Å². The number of alkyl halides is 3. The van der Waals surface area contributed by atoms with E-state index in [1.165, 1.54) is 4.90 Å². The van der Waals surface area contributed by atoms with Gasteiger partial charge in [0, 0.05) is 17.6 Å². The maximum Gasteiger partial charge on any atom is 0.471 e. The number of benzene rings is 1. The van der Waals surface area contributed by atoms with Crippen molar-refractivity contribution in [2.45, 2.75) is 32.4 Å². The number of aromatic nitrogens is 1. The Morgan fingerprint density at radius 1 is 1.30 bits per heavy atom. The number of rotatable bonds is 9. The summed E-state index contributed by atoms with van der Waals surface area (Å²) in [7, 11) is 1.60. The number of likely N-dealkylation sites (N-methyl/N-ethyl adjacent to an activating group) is 1. The highest BCUT2D eigenvalue weighted by molar-refractivity contribution is 5.87. The summed E-state index contributed by atoms with van der Waals surface area (Å²) in [6, 6.07) is 9.83. The molecule has 27 heavy (non-hydrogen) atoms. The average molecular weight is 383 g/mol. The zero-order valence-corrected chi connectivity index (χ0v) is 15.5. The normalized spacial score (nSPS) is 11.8. The molecule has 5 nitrogen and oxygen atoms in total. The number of nitrogens with one attached hydrogen (secondary N) is 1. The van der Waals surface area contributed by atoms with Crippen LogP contribution < -0.4 is 10.1 Å². The van der Waals surface area contributed by atoms with E-state index in [0.29, 0.717) is 12.4 Å². The van der Waals surface area contributed by atoms with Crippen LogP contribution in [-0.4, -0.2) is 48.8 Å². The third kappa shape index (κ3) is 6.39. The van der Waals surface area contributed by atoms with Crippen LogP contribution in [0.1, 0.15) is 25.5 Å². The minimum absolute atomic E-state index is 0.216. The third-order valence-electron chi connectivity index (χ3n) is 4.02. The quantitative estimate of drug-likeness (QED) is 0.673. The maximum atomic E-state index is 12.2. The predicted molar refractivity (Wildman–Crippen MR) is 97.5 cm³/mol. The van der Waals surface area contributed by atoms with Crippen molar-refractivity contribution in [2.24, 2.45) is 0 Å². The predicted octanol–water partition coefficient (Wildman–Crippen LogP) is 3.52. The van der Waals surface area contributed by atoms with Crippen LogP contribution in [0, 0.1) is 0 Å². The number of pyridine rings is 1. The average Bonchev–Trinajstić information content (AvgIpc) is 2.63. The zero-order chi connectivity index (χ0) is 19.9. The summed E-state index contributed by atoms with van der Waals surface area (Å²) in [6.45, 7) is 2.48. The minimum atomic E-state index is -4.88. The number of ether oxygens (including phenoxy) is 1. The second-order valence-electron chi connectivity index (χ2n) is 6.33. The number of fused-ring (bicyclic) bond motifs is 1. The number of hydrogen-bond donors (Lipinski definition) is 1. The molecule has 0 radical (unpaired) electrons. The molecular weight excluding hydrogens is 359 g/mol. The van der Waals surface area contributed by atoms with Crippen molar-refractivity contribution < 1.29 is 22.7 Å². The van der Waals surface area contributed by atoms with Gasteiger partial charge in [0.05, 0.1) is 6.67 Å². The van der Waals surface area contributed by atoms with E-state index < -0.39 is 12.1 Å². The van der Waals surface area contributed by atoms with Crippen LogP contribution in [-0.2, 0) is 11.2 Å². The second-order valence-corrected chi connectivity index (χ2v) is 6.33. The van der Waals surface area contributed by atoms with Gasteiger partial charge in [-0.2, -0.15) is 13.2 Å². The molecule has 1 aromatic carbocycles. The number of aryl methyl sites for hydroxylation is 1. The summed E-state index contributed by atoms with van der Waals surface area (Å²) >= 11 is 0. The van der Waals surface area contributed by atoms with Crippen molar-refractivity contribution >= 4 is 16.7 Å². The summed E-state index contributed by atoms with van der Waals surface area (Å²) in [4.78, 5) is 16.9. The molecule has 2 rings (SSSR count). The summed E-state index contributed by atoms with van der Waals surface area (Å²) in [5, 5.41) is 3.76. The summed E-state index contributed by atoms with van der Waals surface area (Å²) in [6.07, 6.45) is -1.91. The molecule has 0 fully saturated rings. The van der Waals surface area contributed by atoms with Crippen molar-refractivity contribution in [3.05, 3.63) is 36.0 Å². The maximum absolute atomic E-state index is 12.2. The Morgan fingerprint density at radius 2 is 2.04 bits per heavy atom. The van der Waals surface area contributed by atoms with E-state index in [0.717, 1.165) is 35.7 Å². The van der Waals surface area contributed by atoms with Crippen LogP contribution >= 0.6 is 0 Å². The number of unbranched alkanes of at least 4 members (excludes halogenated alkanes) is 1. The Kier molecular flexibility index (Phi) is 7.41. The molecule has 148 valence electrons. The molecule has 1 aromatic heterocycles. The van der Waals surface area contributed by atoms with Crippen LogP contribution in [0.15, 0.2) is 30.3 Å². The fourth-order valence-corrected chi connectivity index (χ4v) is 2.50. The van der Waals surface area contributed by atoms with Gasteiger partial charge in [-0.15, -0.1) is 0 Å². The van der Waals surface area contributed by atoms with Crippen LogP contribution in [0.3, 0.4) is 0 Å². The van der Waals surface area contributed by atoms with Crippen molar-refractivity contribution in [1.29, 1.82) is 0 Å². The number of hydrogen-bond acceptors (Lipinski definition) is 4. The summed E-state index contributed by atoms with van der Waals surface area (Å²) in [5.74, 6) is -1.43. The summed E-state index contributed by atoms with van der Waals surface area (Å²) in [5.41, 5.74) is 0.955. The Morgan fingerprint density at radius 3 is 2.74 bits per heavy atom. The lowest BCUT2D eigenvalue weighted by atomic mass is 10.1. The first-order valence-corrected chi connectivity index (χ1v) is 8.86. The second kappa shape index (κ2) is 9.55. The molecule has 0 aliphatic carbocycles. The Balaban J connectivity index is 1.94. The molecule has 8 heteroatoms. The van der Waals surface area contributed by atoms with Crippen molar-refractivity contribution in [3.8, 4) is 5.88 Å². The van der Waals surface area contributed by atoms with E-state index in [2.05, 4.69) is 18.0 Å². The van der Waals surface area contributed by atoms with E-state index in [1.807, 2.05) is 29.6 Å². The molecule has 0 saturated carbocycles. The fourth-order valence-electron chi connectivity index (χ4n) is 2.50. The van der Waals surface area contributed by atoms with Gasteiger partial charge in [-0.25, -0.2) is 4.98 Å². The zero-order valence-electron chi connectivity index (χ0n) is 15.5. The van der Waals surface area contributed by atoms with Crippen LogP contribution in [0.2, 0.25) is 0 Å². The highest BCUT2D eigenvalue weighted by Gasteiger charge is 2.38. The van der Waals surface area contributed by atoms with Crippen LogP contribution in [0.5, 0.6) is 5.88 Å². The van der Waals surface area contributed by atoms with Gasteiger partial charge in [0.2, 0.25) is 5.88 Å². The largest absolute Gasteiger partial charge is 0.476 e. The van der Waals surface area contributed by atoms with Crippen molar-refractivity contribution in [2.75, 3.05) is 26.9 Å². The van der Waals surface area contributed by atoms with Crippen molar-refractivity contribution in [1.82, 2.24) is 15.2 Å². The number of amides is 1. The number of carbonyl (C=O) groups excluding carboxylic acids is 1. The Bertz CT molecular complexity index is 765. The van der Waals surface area contributed by atoms with Gasteiger partial charge in [0.25, 0.3) is 0 Å². The molecule has 1 N–H and O–H groups in total. The minimum Gasteiger partial charge on any atom is -0.476 e. The van der Waals surface area contributed by atoms with Gasteiger partial charge in [-0.05, 0) is 37.4 Å². The lowest BCUT2D eigenvalue weighted by molar-refractivity contribution is -0.174. The smallest absolute Gasteiger partial charge is 0.471 e. The van der Waals surface area contributed by atoms with E-state index in [4.69, 9.17) is 4.74 Å². The standard InChI is InChI=1S/C19H24F3N3O2/c1-3-4-8-15-12-14-7-5-6-9-16(14)17(24-15)27-11-10-25(2)13-23-18(26)19(20,21)22/h5-7,9,12H,3-4,8,10-11,13H2,1-2H3,(H,23,26). The van der Waals surface area contributed by atoms with Gasteiger partial charge in [0.1, 0.15) is 6.61 Å². The first-order valence-electron chi connectivity index (χ1n) is 8.86. The molecule has 1 amide bonds. The third-order valence-corrected chi connectivity index (χ3v) is 4.02.